The Balaban J connectivity index is 1.56. The van der Waals surface area contributed by atoms with Crippen LogP contribution in [0.3, 0.4) is 0 Å². The molecule has 0 aliphatic carbocycles. The van der Waals surface area contributed by atoms with Crippen molar-refractivity contribution in [2.75, 3.05) is 33.8 Å². The number of carbonyl (C=O) groups is 1. The average Bonchev–Trinajstić information content (AvgIpc) is 3.03. The molecular weight excluding hydrogens is 376 g/mol. The van der Waals surface area contributed by atoms with Crippen molar-refractivity contribution in [3.63, 3.8) is 0 Å². The summed E-state index contributed by atoms with van der Waals surface area (Å²) >= 11 is 6.03. The Morgan fingerprint density at radius 1 is 1.18 bits per heavy atom. The fourth-order valence-corrected chi connectivity index (χ4v) is 3.13. The summed E-state index contributed by atoms with van der Waals surface area (Å²) in [5.74, 6) is 1.29. The molecule has 3 aromatic rings. The van der Waals surface area contributed by atoms with Gasteiger partial charge in [0.05, 0.1) is 16.1 Å². The van der Waals surface area contributed by atoms with Crippen LogP contribution < -0.4 is 10.1 Å². The van der Waals surface area contributed by atoms with E-state index >= 15 is 0 Å². The molecule has 0 bridgehead atoms. The number of likely N-dealkylation sites (N-methyl/N-ethyl adjacent to an activating group) is 1. The number of rotatable bonds is 9. The van der Waals surface area contributed by atoms with Crippen LogP contribution in [0.1, 0.15) is 5.82 Å². The number of benzene rings is 2. The molecule has 1 aromatic heterocycles. The van der Waals surface area contributed by atoms with Crippen molar-refractivity contribution in [2.24, 2.45) is 0 Å². The molecule has 2 aromatic carbocycles. The molecule has 0 aliphatic rings. The summed E-state index contributed by atoms with van der Waals surface area (Å²) in [7, 11) is 4.11. The van der Waals surface area contributed by atoms with E-state index in [1.807, 2.05) is 30.3 Å². The highest BCUT2D eigenvalue weighted by Gasteiger charge is 2.11. The van der Waals surface area contributed by atoms with Gasteiger partial charge < -0.3 is 19.5 Å². The molecule has 1 heterocycles. The minimum atomic E-state index is -0.184. The number of para-hydroxylation sites is 3. The van der Waals surface area contributed by atoms with Gasteiger partial charge in [0.15, 0.2) is 6.61 Å². The molecule has 6 nitrogen and oxygen atoms in total. The number of aromatic nitrogens is 2. The minimum absolute atomic E-state index is 0.0687. The Hall–Kier alpha value is -2.57. The van der Waals surface area contributed by atoms with Crippen molar-refractivity contribution in [3.8, 4) is 5.75 Å². The van der Waals surface area contributed by atoms with E-state index in [9.17, 15) is 4.79 Å². The highest BCUT2D eigenvalue weighted by molar-refractivity contribution is 6.32. The first-order valence-corrected chi connectivity index (χ1v) is 9.65. The number of amides is 1. The monoisotopic (exact) mass is 400 g/mol. The van der Waals surface area contributed by atoms with Crippen molar-refractivity contribution in [2.45, 2.75) is 13.0 Å². The van der Waals surface area contributed by atoms with Crippen molar-refractivity contribution >= 4 is 28.5 Å². The number of hydrogen-bond acceptors (Lipinski definition) is 4. The van der Waals surface area contributed by atoms with Gasteiger partial charge in [0, 0.05) is 26.1 Å². The fourth-order valence-electron chi connectivity index (χ4n) is 2.94. The second-order valence-electron chi connectivity index (χ2n) is 6.79. The molecule has 3 rings (SSSR count). The maximum absolute atomic E-state index is 12.1. The zero-order valence-corrected chi connectivity index (χ0v) is 16.9. The first-order chi connectivity index (χ1) is 13.5. The zero-order valence-electron chi connectivity index (χ0n) is 16.2. The third kappa shape index (κ3) is 5.24. The summed E-state index contributed by atoms with van der Waals surface area (Å²) in [6.07, 6.45) is 0.653. The predicted octanol–water partition coefficient (Wildman–Crippen LogP) is 2.99. The second kappa shape index (κ2) is 9.57. The van der Waals surface area contributed by atoms with Gasteiger partial charge in [-0.1, -0.05) is 35.9 Å². The molecule has 0 saturated heterocycles. The molecule has 1 amide bonds. The Morgan fingerprint density at radius 2 is 1.93 bits per heavy atom. The Bertz CT molecular complexity index is 939. The van der Waals surface area contributed by atoms with Gasteiger partial charge in [0.25, 0.3) is 5.91 Å². The van der Waals surface area contributed by atoms with Crippen LogP contribution in [-0.4, -0.2) is 54.1 Å². The van der Waals surface area contributed by atoms with Crippen LogP contribution in [0.5, 0.6) is 5.75 Å². The first-order valence-electron chi connectivity index (χ1n) is 9.27. The third-order valence-corrected chi connectivity index (χ3v) is 4.68. The minimum Gasteiger partial charge on any atom is -0.482 e. The SMILES string of the molecule is CN(C)CCn1c(CCNC(=O)COc2ccccc2Cl)nc2ccccc21. The molecule has 7 heteroatoms. The number of hydrogen-bond donors (Lipinski definition) is 1. The summed E-state index contributed by atoms with van der Waals surface area (Å²) < 4.78 is 7.69. The van der Waals surface area contributed by atoms with Gasteiger partial charge in [0.1, 0.15) is 11.6 Å². The van der Waals surface area contributed by atoms with Gasteiger partial charge >= 0.3 is 0 Å². The zero-order chi connectivity index (χ0) is 19.9. The van der Waals surface area contributed by atoms with E-state index < -0.39 is 0 Å². The smallest absolute Gasteiger partial charge is 0.257 e. The topological polar surface area (TPSA) is 59.4 Å². The molecule has 0 atom stereocenters. The van der Waals surface area contributed by atoms with Crippen LogP contribution in [-0.2, 0) is 17.8 Å². The maximum atomic E-state index is 12.1. The number of imidazole rings is 1. The van der Waals surface area contributed by atoms with Gasteiger partial charge in [-0.15, -0.1) is 0 Å². The van der Waals surface area contributed by atoms with Gasteiger partial charge in [-0.3, -0.25) is 4.79 Å². The van der Waals surface area contributed by atoms with E-state index in [1.165, 1.54) is 0 Å². The number of nitrogens with zero attached hydrogens (tertiary/aromatic N) is 3. The highest BCUT2D eigenvalue weighted by atomic mass is 35.5. The average molecular weight is 401 g/mol. The molecule has 0 unspecified atom stereocenters. The van der Waals surface area contributed by atoms with Crippen LogP contribution in [0.4, 0.5) is 0 Å². The van der Waals surface area contributed by atoms with Crippen LogP contribution in [0.15, 0.2) is 48.5 Å². The molecule has 0 aliphatic heterocycles. The summed E-state index contributed by atoms with van der Waals surface area (Å²) in [6.45, 7) is 2.20. The lowest BCUT2D eigenvalue weighted by Gasteiger charge is -2.14. The van der Waals surface area contributed by atoms with Crippen LogP contribution >= 0.6 is 11.6 Å². The summed E-state index contributed by atoms with van der Waals surface area (Å²) in [5.41, 5.74) is 2.09. The largest absolute Gasteiger partial charge is 0.482 e. The van der Waals surface area contributed by atoms with Gasteiger partial charge in [-0.05, 0) is 38.4 Å². The number of halogens is 1. The van der Waals surface area contributed by atoms with E-state index in [1.54, 1.807) is 12.1 Å². The van der Waals surface area contributed by atoms with Crippen molar-refractivity contribution in [1.82, 2.24) is 19.8 Å². The quantitative estimate of drug-likeness (QED) is 0.600. The van der Waals surface area contributed by atoms with Crippen LogP contribution in [0.25, 0.3) is 11.0 Å². The number of ether oxygens (including phenoxy) is 1. The molecule has 148 valence electrons. The molecule has 0 fully saturated rings. The predicted molar refractivity (Wildman–Crippen MR) is 112 cm³/mol. The Labute approximate surface area is 170 Å². The standard InChI is InChI=1S/C21H25ClN4O2/c1-25(2)13-14-26-18-9-5-4-8-17(18)24-20(26)11-12-23-21(27)15-28-19-10-6-3-7-16(19)22/h3-10H,11-15H2,1-2H3,(H,23,27). The molecule has 28 heavy (non-hydrogen) atoms. The van der Waals surface area contributed by atoms with Gasteiger partial charge in [-0.2, -0.15) is 0 Å². The molecule has 1 N–H and O–H groups in total. The van der Waals surface area contributed by atoms with Crippen molar-refractivity contribution < 1.29 is 9.53 Å². The lowest BCUT2D eigenvalue weighted by atomic mass is 10.3. The van der Waals surface area contributed by atoms with Crippen LogP contribution in [0.2, 0.25) is 5.02 Å². The van der Waals surface area contributed by atoms with E-state index in [0.29, 0.717) is 23.7 Å². The van der Waals surface area contributed by atoms with E-state index in [0.717, 1.165) is 29.9 Å². The first kappa shape index (κ1) is 20.2. The van der Waals surface area contributed by atoms with Gasteiger partial charge in [0.2, 0.25) is 0 Å². The lowest BCUT2D eigenvalue weighted by Crippen LogP contribution is -2.31. The third-order valence-electron chi connectivity index (χ3n) is 4.37. The molecule has 0 spiro atoms. The molecular formula is C21H25ClN4O2. The van der Waals surface area contributed by atoms with Crippen molar-refractivity contribution in [3.05, 3.63) is 59.4 Å². The Morgan fingerprint density at radius 3 is 2.71 bits per heavy atom. The Kier molecular flexibility index (Phi) is 6.90. The molecule has 0 radical (unpaired) electrons. The normalized spacial score (nSPS) is 11.1. The summed E-state index contributed by atoms with van der Waals surface area (Å²) in [5, 5.41) is 3.38. The van der Waals surface area contributed by atoms with E-state index in [4.69, 9.17) is 21.3 Å². The highest BCUT2D eigenvalue weighted by Crippen LogP contribution is 2.22. The maximum Gasteiger partial charge on any atom is 0.257 e. The number of carbonyl (C=O) groups excluding carboxylic acids is 1. The number of fused-ring (bicyclic) bond motifs is 1. The van der Waals surface area contributed by atoms with Gasteiger partial charge in [-0.25, -0.2) is 4.98 Å². The van der Waals surface area contributed by atoms with E-state index in [2.05, 4.69) is 34.9 Å². The number of nitrogens with one attached hydrogen (secondary N) is 1. The summed E-state index contributed by atoms with van der Waals surface area (Å²) in [4.78, 5) is 19.0. The van der Waals surface area contributed by atoms with Crippen LogP contribution in [0, 0.1) is 0 Å². The van der Waals surface area contributed by atoms with Crippen molar-refractivity contribution in [1.29, 1.82) is 0 Å². The molecule has 0 saturated carbocycles. The fraction of sp³-hybridized carbons (Fsp3) is 0.333. The second-order valence-corrected chi connectivity index (χ2v) is 7.20. The van der Waals surface area contributed by atoms with E-state index in [-0.39, 0.29) is 12.5 Å². The lowest BCUT2D eigenvalue weighted by molar-refractivity contribution is -0.123. The summed E-state index contributed by atoms with van der Waals surface area (Å²) in [6, 6.07) is 15.2.